The van der Waals surface area contributed by atoms with Crippen molar-refractivity contribution in [2.75, 3.05) is 13.1 Å². The molecule has 0 bridgehead atoms. The molecule has 1 aliphatic carbocycles. The van der Waals surface area contributed by atoms with Gasteiger partial charge in [0, 0.05) is 0 Å². The molecule has 0 spiro atoms. The lowest BCUT2D eigenvalue weighted by molar-refractivity contribution is 0.591. The Morgan fingerprint density at radius 1 is 1.30 bits per heavy atom. The Morgan fingerprint density at radius 3 is 2.70 bits per heavy atom. The summed E-state index contributed by atoms with van der Waals surface area (Å²) in [4.78, 5) is 0. The molecular weight excluding hydrogens is 122 g/mol. The van der Waals surface area contributed by atoms with E-state index in [-0.39, 0.29) is 0 Å². The van der Waals surface area contributed by atoms with E-state index in [2.05, 4.69) is 12.2 Å². The molecule has 1 N–H and O–H groups in total. The van der Waals surface area contributed by atoms with Gasteiger partial charge < -0.3 is 5.32 Å². The van der Waals surface area contributed by atoms with E-state index in [9.17, 15) is 0 Å². The van der Waals surface area contributed by atoms with E-state index in [0.29, 0.717) is 0 Å². The summed E-state index contributed by atoms with van der Waals surface area (Å²) in [6, 6.07) is 0. The Hall–Kier alpha value is -0.0400. The zero-order valence-corrected chi connectivity index (χ0v) is 7.03. The average Bonchev–Trinajstić information content (AvgIpc) is 2.71. The van der Waals surface area contributed by atoms with Crippen molar-refractivity contribution in [1.29, 1.82) is 0 Å². The second-order valence-corrected chi connectivity index (χ2v) is 3.35. The topological polar surface area (TPSA) is 12.0 Å². The lowest BCUT2D eigenvalue weighted by atomic mass is 10.2. The van der Waals surface area contributed by atoms with Crippen LogP contribution in [0.5, 0.6) is 0 Å². The number of hydrogen-bond donors (Lipinski definition) is 1. The molecule has 60 valence electrons. The summed E-state index contributed by atoms with van der Waals surface area (Å²) in [5.74, 6) is 1.04. The predicted octanol–water partition coefficient (Wildman–Crippen LogP) is 2.18. The molecule has 1 rings (SSSR count). The van der Waals surface area contributed by atoms with Gasteiger partial charge in [-0.15, -0.1) is 0 Å². The molecule has 1 nitrogen and oxygen atoms in total. The van der Waals surface area contributed by atoms with Crippen LogP contribution in [0.4, 0.5) is 0 Å². The largest absolute Gasteiger partial charge is 0.316 e. The molecule has 1 saturated carbocycles. The van der Waals surface area contributed by atoms with E-state index in [1.165, 1.54) is 45.2 Å². The van der Waals surface area contributed by atoms with E-state index in [4.69, 9.17) is 0 Å². The van der Waals surface area contributed by atoms with Crippen molar-refractivity contribution < 1.29 is 0 Å². The molecule has 10 heavy (non-hydrogen) atoms. The molecule has 1 aliphatic rings. The highest BCUT2D eigenvalue weighted by molar-refractivity contribution is 4.74. The minimum atomic E-state index is 1.04. The first-order valence-corrected chi connectivity index (χ1v) is 4.64. The summed E-state index contributed by atoms with van der Waals surface area (Å²) in [5, 5.41) is 3.48. The maximum Gasteiger partial charge on any atom is -0.00205 e. The molecule has 0 atom stereocenters. The summed E-state index contributed by atoms with van der Waals surface area (Å²) in [6.07, 6.45) is 7.04. The van der Waals surface area contributed by atoms with E-state index >= 15 is 0 Å². The summed E-state index contributed by atoms with van der Waals surface area (Å²) in [6.45, 7) is 4.77. The van der Waals surface area contributed by atoms with Gasteiger partial charge >= 0.3 is 0 Å². The van der Waals surface area contributed by atoms with Gasteiger partial charge in [-0.25, -0.2) is 0 Å². The maximum atomic E-state index is 3.48. The molecule has 0 radical (unpaired) electrons. The molecule has 0 aromatic heterocycles. The third-order valence-corrected chi connectivity index (χ3v) is 2.09. The number of hydrogen-bond acceptors (Lipinski definition) is 1. The first kappa shape index (κ1) is 8.06. The van der Waals surface area contributed by atoms with Crippen molar-refractivity contribution in [3.63, 3.8) is 0 Å². The quantitative estimate of drug-likeness (QED) is 0.559. The third-order valence-electron chi connectivity index (χ3n) is 2.09. The van der Waals surface area contributed by atoms with Crippen molar-refractivity contribution in [1.82, 2.24) is 5.32 Å². The van der Waals surface area contributed by atoms with Crippen LogP contribution in [0.25, 0.3) is 0 Å². The Bertz CT molecular complexity index is 76.8. The third kappa shape index (κ3) is 3.89. The molecule has 1 heteroatoms. The van der Waals surface area contributed by atoms with Crippen molar-refractivity contribution >= 4 is 0 Å². The van der Waals surface area contributed by atoms with Crippen LogP contribution in [0.1, 0.15) is 39.0 Å². The second kappa shape index (κ2) is 4.73. The monoisotopic (exact) mass is 141 g/mol. The van der Waals surface area contributed by atoms with Crippen LogP contribution in [0.15, 0.2) is 0 Å². The van der Waals surface area contributed by atoms with Crippen LogP contribution in [0.3, 0.4) is 0 Å². The fourth-order valence-corrected chi connectivity index (χ4v) is 1.13. The maximum absolute atomic E-state index is 3.48. The first-order valence-electron chi connectivity index (χ1n) is 4.64. The molecule has 0 amide bonds. The summed E-state index contributed by atoms with van der Waals surface area (Å²) in [5.41, 5.74) is 0. The van der Waals surface area contributed by atoms with Gasteiger partial charge in [-0.3, -0.25) is 0 Å². The van der Waals surface area contributed by atoms with Crippen molar-refractivity contribution in [2.45, 2.75) is 39.0 Å². The van der Waals surface area contributed by atoms with Gasteiger partial charge in [0.2, 0.25) is 0 Å². The molecule has 1 fully saturated rings. The van der Waals surface area contributed by atoms with E-state index in [1.807, 2.05) is 0 Å². The Balaban J connectivity index is 1.68. The number of nitrogens with one attached hydrogen (secondary N) is 1. The van der Waals surface area contributed by atoms with Gasteiger partial charge in [-0.1, -0.05) is 19.8 Å². The first-order chi connectivity index (χ1) is 4.93. The molecule has 0 aromatic rings. The van der Waals surface area contributed by atoms with Crippen LogP contribution >= 0.6 is 0 Å². The minimum Gasteiger partial charge on any atom is -0.316 e. The Labute approximate surface area is 64.2 Å². The van der Waals surface area contributed by atoms with Crippen LogP contribution in [-0.2, 0) is 0 Å². The average molecular weight is 141 g/mol. The number of rotatable bonds is 6. The lowest BCUT2D eigenvalue weighted by Gasteiger charge is -2.00. The van der Waals surface area contributed by atoms with E-state index in [0.717, 1.165) is 5.92 Å². The van der Waals surface area contributed by atoms with Crippen LogP contribution in [-0.4, -0.2) is 13.1 Å². The second-order valence-electron chi connectivity index (χ2n) is 3.35. The van der Waals surface area contributed by atoms with Crippen molar-refractivity contribution in [2.24, 2.45) is 5.92 Å². The van der Waals surface area contributed by atoms with Crippen LogP contribution < -0.4 is 5.32 Å². The Kier molecular flexibility index (Phi) is 3.81. The highest BCUT2D eigenvalue weighted by Crippen LogP contribution is 2.27. The fraction of sp³-hybridized carbons (Fsp3) is 1.00. The van der Waals surface area contributed by atoms with Gasteiger partial charge in [0.05, 0.1) is 0 Å². The molecule has 0 saturated heterocycles. The highest BCUT2D eigenvalue weighted by Gasteiger charge is 2.19. The molecular formula is C9H19N. The van der Waals surface area contributed by atoms with E-state index < -0.39 is 0 Å². The zero-order valence-electron chi connectivity index (χ0n) is 7.03. The van der Waals surface area contributed by atoms with Gasteiger partial charge in [-0.05, 0) is 38.3 Å². The standard InChI is InChI=1S/C9H19N/c1-2-3-4-7-10-8-9-5-6-9/h9-10H,2-8H2,1H3. The molecule has 0 aliphatic heterocycles. The molecule has 0 heterocycles. The van der Waals surface area contributed by atoms with Crippen molar-refractivity contribution in [3.05, 3.63) is 0 Å². The predicted molar refractivity (Wildman–Crippen MR) is 45.1 cm³/mol. The van der Waals surface area contributed by atoms with Crippen molar-refractivity contribution in [3.8, 4) is 0 Å². The van der Waals surface area contributed by atoms with Gasteiger partial charge in [-0.2, -0.15) is 0 Å². The SMILES string of the molecule is CCCCCNCC1CC1. The molecule has 0 aromatic carbocycles. The van der Waals surface area contributed by atoms with Gasteiger partial charge in [0.15, 0.2) is 0 Å². The highest BCUT2D eigenvalue weighted by atomic mass is 14.9. The van der Waals surface area contributed by atoms with E-state index in [1.54, 1.807) is 0 Å². The normalized spacial score (nSPS) is 17.7. The lowest BCUT2D eigenvalue weighted by Crippen LogP contribution is -2.17. The number of unbranched alkanes of at least 4 members (excludes halogenated alkanes) is 2. The summed E-state index contributed by atoms with van der Waals surface area (Å²) < 4.78 is 0. The summed E-state index contributed by atoms with van der Waals surface area (Å²) in [7, 11) is 0. The summed E-state index contributed by atoms with van der Waals surface area (Å²) >= 11 is 0. The van der Waals surface area contributed by atoms with Gasteiger partial charge in [0.1, 0.15) is 0 Å². The Morgan fingerprint density at radius 2 is 2.10 bits per heavy atom. The van der Waals surface area contributed by atoms with Crippen LogP contribution in [0.2, 0.25) is 0 Å². The van der Waals surface area contributed by atoms with Crippen LogP contribution in [0, 0.1) is 5.92 Å². The minimum absolute atomic E-state index is 1.04. The smallest absolute Gasteiger partial charge is 0.00205 e. The molecule has 0 unspecified atom stereocenters. The fourth-order valence-electron chi connectivity index (χ4n) is 1.13. The zero-order chi connectivity index (χ0) is 7.23. The van der Waals surface area contributed by atoms with Gasteiger partial charge in [0.25, 0.3) is 0 Å².